The molecule has 1 fully saturated rings. The molecule has 5 nitrogen and oxygen atoms in total. The smallest absolute Gasteiger partial charge is 0.282 e. The van der Waals surface area contributed by atoms with Crippen LogP contribution < -0.4 is 0 Å². The number of rotatable bonds is 2. The fourth-order valence-corrected chi connectivity index (χ4v) is 3.76. The van der Waals surface area contributed by atoms with E-state index in [4.69, 9.17) is 0 Å². The quantitative estimate of drug-likeness (QED) is 0.843. The Morgan fingerprint density at radius 3 is 2.91 bits per heavy atom. The average molecular weight is 340 g/mol. The zero-order valence-corrected chi connectivity index (χ0v) is 13.8. The Morgan fingerprint density at radius 1 is 1.39 bits per heavy atom. The SMILES string of the molecule is CC1(C)CCN(C(=O)c2c(C(F)F)nc3cnccn23)CCS1. The first-order valence-electron chi connectivity index (χ1n) is 7.42. The first kappa shape index (κ1) is 16.2. The van der Waals surface area contributed by atoms with Crippen molar-refractivity contribution in [1.82, 2.24) is 19.3 Å². The van der Waals surface area contributed by atoms with Crippen molar-refractivity contribution in [2.45, 2.75) is 31.4 Å². The summed E-state index contributed by atoms with van der Waals surface area (Å²) in [5, 5.41) is 0. The van der Waals surface area contributed by atoms with Crippen LogP contribution in [0.4, 0.5) is 8.78 Å². The average Bonchev–Trinajstić information content (AvgIpc) is 2.80. The third kappa shape index (κ3) is 3.17. The standard InChI is InChI=1S/C15H18F2N4OS/c1-15(2)3-5-20(7-8-23-15)14(22)12-11(13(16)17)19-10-9-18-4-6-21(10)12/h4,6,9,13H,3,5,7-8H2,1-2H3. The normalized spacial score (nSPS) is 18.4. The van der Waals surface area contributed by atoms with Gasteiger partial charge in [-0.3, -0.25) is 14.2 Å². The lowest BCUT2D eigenvalue weighted by atomic mass is 10.1. The minimum atomic E-state index is -2.80. The van der Waals surface area contributed by atoms with Gasteiger partial charge in [0.05, 0.1) is 6.20 Å². The van der Waals surface area contributed by atoms with E-state index in [-0.39, 0.29) is 16.1 Å². The van der Waals surface area contributed by atoms with Crippen molar-refractivity contribution < 1.29 is 13.6 Å². The van der Waals surface area contributed by atoms with Crippen LogP contribution in [0.3, 0.4) is 0 Å². The molecular formula is C15H18F2N4OS. The zero-order valence-electron chi connectivity index (χ0n) is 13.0. The summed E-state index contributed by atoms with van der Waals surface area (Å²) in [6.07, 6.45) is 2.36. The number of hydrogen-bond acceptors (Lipinski definition) is 4. The van der Waals surface area contributed by atoms with Crippen LogP contribution in [0.25, 0.3) is 5.65 Å². The van der Waals surface area contributed by atoms with Gasteiger partial charge in [0.25, 0.3) is 12.3 Å². The van der Waals surface area contributed by atoms with Gasteiger partial charge in [0.15, 0.2) is 5.65 Å². The van der Waals surface area contributed by atoms with Crippen LogP contribution in [0.5, 0.6) is 0 Å². The molecule has 0 aromatic carbocycles. The van der Waals surface area contributed by atoms with E-state index in [9.17, 15) is 13.6 Å². The lowest BCUT2D eigenvalue weighted by Gasteiger charge is -2.22. The van der Waals surface area contributed by atoms with Crippen LogP contribution in [0.1, 0.15) is 42.9 Å². The van der Waals surface area contributed by atoms with Crippen molar-refractivity contribution in [2.24, 2.45) is 0 Å². The van der Waals surface area contributed by atoms with E-state index in [1.165, 1.54) is 23.0 Å². The molecule has 1 saturated heterocycles. The summed E-state index contributed by atoms with van der Waals surface area (Å²) in [6, 6.07) is 0. The van der Waals surface area contributed by atoms with Gasteiger partial charge in [0, 0.05) is 36.0 Å². The van der Waals surface area contributed by atoms with E-state index in [0.717, 1.165) is 12.2 Å². The van der Waals surface area contributed by atoms with Crippen LogP contribution in [0.2, 0.25) is 0 Å². The van der Waals surface area contributed by atoms with Gasteiger partial charge in [0.2, 0.25) is 0 Å². The number of aromatic nitrogens is 3. The summed E-state index contributed by atoms with van der Waals surface area (Å²) in [4.78, 5) is 22.3. The number of halogens is 2. The molecule has 0 unspecified atom stereocenters. The lowest BCUT2D eigenvalue weighted by molar-refractivity contribution is 0.0743. The monoisotopic (exact) mass is 340 g/mol. The second-order valence-electron chi connectivity index (χ2n) is 6.10. The maximum Gasteiger partial charge on any atom is 0.282 e. The Hall–Kier alpha value is -1.70. The molecule has 3 heterocycles. The van der Waals surface area contributed by atoms with Crippen LogP contribution in [-0.4, -0.2) is 48.8 Å². The summed E-state index contributed by atoms with van der Waals surface area (Å²) >= 11 is 1.80. The molecule has 0 aliphatic carbocycles. The van der Waals surface area contributed by atoms with E-state index in [2.05, 4.69) is 23.8 Å². The minimum absolute atomic E-state index is 0.0536. The summed E-state index contributed by atoms with van der Waals surface area (Å²) in [5.41, 5.74) is -0.267. The fourth-order valence-electron chi connectivity index (χ4n) is 2.66. The third-order valence-electron chi connectivity index (χ3n) is 3.99. The van der Waals surface area contributed by atoms with Gasteiger partial charge in [-0.2, -0.15) is 11.8 Å². The Labute approximate surface area is 137 Å². The molecule has 0 spiro atoms. The molecule has 3 rings (SSSR count). The number of fused-ring (bicyclic) bond motifs is 1. The molecule has 2 aromatic rings. The molecule has 124 valence electrons. The maximum absolute atomic E-state index is 13.3. The van der Waals surface area contributed by atoms with Crippen LogP contribution in [-0.2, 0) is 0 Å². The Bertz CT molecular complexity index is 731. The minimum Gasteiger partial charge on any atom is -0.336 e. The topological polar surface area (TPSA) is 50.5 Å². The van der Waals surface area contributed by atoms with Crippen molar-refractivity contribution in [3.05, 3.63) is 30.0 Å². The van der Waals surface area contributed by atoms with Gasteiger partial charge in [-0.15, -0.1) is 0 Å². The molecule has 0 bridgehead atoms. The lowest BCUT2D eigenvalue weighted by Crippen LogP contribution is -2.35. The number of carbonyl (C=O) groups excluding carboxylic acids is 1. The van der Waals surface area contributed by atoms with Crippen molar-refractivity contribution >= 4 is 23.3 Å². The number of alkyl halides is 2. The molecule has 23 heavy (non-hydrogen) atoms. The van der Waals surface area contributed by atoms with Crippen LogP contribution in [0.15, 0.2) is 18.6 Å². The number of nitrogens with zero attached hydrogens (tertiary/aromatic N) is 4. The predicted octanol–water partition coefficient (Wildman–Crippen LogP) is 3.02. The van der Waals surface area contributed by atoms with Gasteiger partial charge < -0.3 is 4.90 Å². The van der Waals surface area contributed by atoms with E-state index >= 15 is 0 Å². The second-order valence-corrected chi connectivity index (χ2v) is 7.90. The Morgan fingerprint density at radius 2 is 2.17 bits per heavy atom. The molecule has 0 atom stereocenters. The van der Waals surface area contributed by atoms with E-state index in [0.29, 0.717) is 13.1 Å². The van der Waals surface area contributed by atoms with Gasteiger partial charge in [-0.05, 0) is 6.42 Å². The highest BCUT2D eigenvalue weighted by molar-refractivity contribution is 8.00. The first-order valence-corrected chi connectivity index (χ1v) is 8.41. The van der Waals surface area contributed by atoms with Crippen LogP contribution >= 0.6 is 11.8 Å². The van der Waals surface area contributed by atoms with Gasteiger partial charge in [0.1, 0.15) is 11.4 Å². The highest BCUT2D eigenvalue weighted by atomic mass is 32.2. The van der Waals surface area contributed by atoms with Crippen molar-refractivity contribution in [2.75, 3.05) is 18.8 Å². The van der Waals surface area contributed by atoms with Crippen molar-refractivity contribution in [3.8, 4) is 0 Å². The summed E-state index contributed by atoms with van der Waals surface area (Å²) in [7, 11) is 0. The Balaban J connectivity index is 1.98. The highest BCUT2D eigenvalue weighted by Gasteiger charge is 2.31. The van der Waals surface area contributed by atoms with Gasteiger partial charge >= 0.3 is 0 Å². The molecule has 0 saturated carbocycles. The molecule has 1 aliphatic rings. The highest BCUT2D eigenvalue weighted by Crippen LogP contribution is 2.32. The van der Waals surface area contributed by atoms with E-state index in [1.54, 1.807) is 16.7 Å². The largest absolute Gasteiger partial charge is 0.336 e. The van der Waals surface area contributed by atoms with Gasteiger partial charge in [-0.1, -0.05) is 13.8 Å². The molecule has 0 N–H and O–H groups in total. The molecule has 1 aliphatic heterocycles. The number of thioether (sulfide) groups is 1. The van der Waals surface area contributed by atoms with E-state index in [1.807, 2.05) is 0 Å². The maximum atomic E-state index is 13.3. The van der Waals surface area contributed by atoms with E-state index < -0.39 is 18.0 Å². The predicted molar refractivity (Wildman–Crippen MR) is 85.0 cm³/mol. The molecule has 2 aromatic heterocycles. The molecule has 0 radical (unpaired) electrons. The number of imidazole rings is 1. The number of amides is 1. The van der Waals surface area contributed by atoms with Crippen molar-refractivity contribution in [1.29, 1.82) is 0 Å². The van der Waals surface area contributed by atoms with Crippen LogP contribution in [0, 0.1) is 0 Å². The molecule has 1 amide bonds. The third-order valence-corrected chi connectivity index (χ3v) is 5.36. The Kier molecular flexibility index (Phi) is 4.27. The fraction of sp³-hybridized carbons (Fsp3) is 0.533. The molecular weight excluding hydrogens is 322 g/mol. The number of carbonyl (C=O) groups is 1. The summed E-state index contributed by atoms with van der Waals surface area (Å²) in [5.74, 6) is 0.401. The summed E-state index contributed by atoms with van der Waals surface area (Å²) in [6.45, 7) is 5.37. The first-order chi connectivity index (χ1) is 10.9. The molecule has 8 heteroatoms. The number of hydrogen-bond donors (Lipinski definition) is 0. The van der Waals surface area contributed by atoms with Crippen molar-refractivity contribution in [3.63, 3.8) is 0 Å². The zero-order chi connectivity index (χ0) is 16.6. The summed E-state index contributed by atoms with van der Waals surface area (Å²) < 4.78 is 28.1. The second kappa shape index (κ2) is 6.07. The van der Waals surface area contributed by atoms with Gasteiger partial charge in [-0.25, -0.2) is 13.8 Å².